The lowest BCUT2D eigenvalue weighted by atomic mass is 9.71. The second kappa shape index (κ2) is 16.6. The summed E-state index contributed by atoms with van der Waals surface area (Å²) in [6.45, 7) is 3.64. The first-order chi connectivity index (χ1) is 34.2. The maximum absolute atomic E-state index is 15.9. The summed E-state index contributed by atoms with van der Waals surface area (Å²) in [6, 6.07) is 57.2. The molecule has 1 fully saturated rings. The average molecular weight is 1000 g/mol. The Morgan fingerprint density at radius 1 is 0.465 bits per heavy atom. The predicted octanol–water partition coefficient (Wildman–Crippen LogP) is 17.0. The molecule has 0 bridgehead atoms. The molecule has 0 N–H and O–H groups in total. The van der Waals surface area contributed by atoms with Crippen molar-refractivity contribution in [2.24, 2.45) is 0 Å². The summed E-state index contributed by atoms with van der Waals surface area (Å²) in [5, 5.41) is 0. The van der Waals surface area contributed by atoms with Crippen molar-refractivity contribution >= 4 is 73.2 Å². The molecule has 0 saturated heterocycles. The predicted molar refractivity (Wildman–Crippen MR) is 277 cm³/mol. The summed E-state index contributed by atoms with van der Waals surface area (Å²) in [7, 11) is 0. The minimum atomic E-state index is -5.62. The van der Waals surface area contributed by atoms with Gasteiger partial charge in [-0.2, -0.15) is 35.1 Å². The number of nitrogens with zero attached hydrogens (tertiary/aromatic N) is 3. The van der Waals surface area contributed by atoms with E-state index in [4.69, 9.17) is 13.5 Å². The van der Waals surface area contributed by atoms with E-state index in [0.29, 0.717) is 26.7 Å². The number of ether oxygens (including phenoxy) is 1. The Bertz CT molecular complexity index is 3490. The van der Waals surface area contributed by atoms with Crippen molar-refractivity contribution in [1.82, 2.24) is 8.75 Å². The molecule has 4 aliphatic rings. The molecular formula is C58H39F6N3OS3. The number of aromatic nitrogens is 2. The number of benzene rings is 7. The quantitative estimate of drug-likeness (QED) is 0.127. The molecule has 2 atom stereocenters. The Balaban J connectivity index is 0.764. The van der Waals surface area contributed by atoms with Crippen molar-refractivity contribution in [3.8, 4) is 28.0 Å². The van der Waals surface area contributed by atoms with Gasteiger partial charge >= 0.3 is 17.8 Å². The molecule has 12 rings (SSSR count). The van der Waals surface area contributed by atoms with E-state index in [2.05, 4.69) is 65.6 Å². The molecule has 0 spiro atoms. The zero-order chi connectivity index (χ0) is 48.9. The van der Waals surface area contributed by atoms with Gasteiger partial charge < -0.3 is 9.64 Å². The SMILES string of the molecule is CC12SC(c3ccccc3)=CC1=C1C(=C3C=C(c4ccc(OCc5ccc(-c6ccc(-c7ccc(N(c8ccccc8)c8ccccc8)cc7)c7nsnc67)cc5)cc4)SC32C)C(F)(F)C(F)(F)C1(F)F. The molecule has 4 nitrogen and oxygen atoms in total. The highest BCUT2D eigenvalue weighted by molar-refractivity contribution is 8.14. The normalized spacial score (nSPS) is 21.4. The molecule has 2 aliphatic heterocycles. The van der Waals surface area contributed by atoms with Crippen molar-refractivity contribution in [2.45, 2.75) is 47.7 Å². The third-order valence-electron chi connectivity index (χ3n) is 14.1. The molecular weight excluding hydrogens is 965 g/mol. The second-order valence-electron chi connectivity index (χ2n) is 18.1. The van der Waals surface area contributed by atoms with E-state index in [-0.39, 0.29) is 17.8 Å². The van der Waals surface area contributed by atoms with Crippen LogP contribution in [0.4, 0.5) is 43.4 Å². The van der Waals surface area contributed by atoms with Gasteiger partial charge in [0.2, 0.25) is 0 Å². The Morgan fingerprint density at radius 3 is 1.35 bits per heavy atom. The molecule has 13 heteroatoms. The highest BCUT2D eigenvalue weighted by Gasteiger charge is 2.84. The van der Waals surface area contributed by atoms with Gasteiger partial charge in [-0.15, -0.1) is 23.5 Å². The number of anilines is 3. The van der Waals surface area contributed by atoms with Gasteiger partial charge in [-0.3, -0.25) is 0 Å². The lowest BCUT2D eigenvalue weighted by Gasteiger charge is -2.47. The highest BCUT2D eigenvalue weighted by atomic mass is 32.2. The van der Waals surface area contributed by atoms with Crippen molar-refractivity contribution in [3.05, 3.63) is 227 Å². The molecule has 8 aromatic rings. The highest BCUT2D eigenvalue weighted by Crippen LogP contribution is 2.75. The smallest absolute Gasteiger partial charge is 0.380 e. The van der Waals surface area contributed by atoms with Crippen LogP contribution in [0.5, 0.6) is 5.75 Å². The number of rotatable bonds is 10. The summed E-state index contributed by atoms with van der Waals surface area (Å²) in [5.74, 6) is -15.3. The van der Waals surface area contributed by atoms with Gasteiger partial charge in [0.1, 0.15) is 23.4 Å². The van der Waals surface area contributed by atoms with Crippen LogP contribution in [0.25, 0.3) is 43.1 Å². The van der Waals surface area contributed by atoms with Crippen LogP contribution in [0, 0.1) is 0 Å². The summed E-state index contributed by atoms with van der Waals surface area (Å²) < 4.78 is 107. The summed E-state index contributed by atoms with van der Waals surface area (Å²) >= 11 is 3.65. The van der Waals surface area contributed by atoms with Crippen molar-refractivity contribution in [1.29, 1.82) is 0 Å². The Morgan fingerprint density at radius 2 is 0.873 bits per heavy atom. The number of hydrogen-bond donors (Lipinski definition) is 0. The molecule has 7 aromatic carbocycles. The van der Waals surface area contributed by atoms with Gasteiger partial charge in [-0.05, 0) is 113 Å². The van der Waals surface area contributed by atoms with Crippen molar-refractivity contribution in [2.75, 3.05) is 4.90 Å². The first-order valence-corrected chi connectivity index (χ1v) is 25.2. The molecule has 3 heterocycles. The average Bonchev–Trinajstić information content (AvgIpc) is 4.15. The molecule has 0 amide bonds. The van der Waals surface area contributed by atoms with E-state index in [1.165, 1.54) is 47.4 Å². The first kappa shape index (κ1) is 45.3. The number of thioether (sulfide) groups is 2. The van der Waals surface area contributed by atoms with E-state index in [1.54, 1.807) is 68.4 Å². The Labute approximate surface area is 418 Å². The van der Waals surface area contributed by atoms with E-state index in [0.717, 1.165) is 55.9 Å². The Kier molecular flexibility index (Phi) is 10.6. The third-order valence-corrected chi connectivity index (χ3v) is 17.9. The maximum atomic E-state index is 15.9. The second-order valence-corrected chi connectivity index (χ2v) is 21.6. The van der Waals surface area contributed by atoms with E-state index in [1.807, 2.05) is 60.7 Å². The van der Waals surface area contributed by atoms with E-state index in [9.17, 15) is 0 Å². The monoisotopic (exact) mass is 1000 g/mol. The van der Waals surface area contributed by atoms with Gasteiger partial charge in [0.05, 0.1) is 21.2 Å². The maximum Gasteiger partial charge on any atom is 0.380 e. The van der Waals surface area contributed by atoms with Gasteiger partial charge in [0.15, 0.2) is 0 Å². The lowest BCUT2D eigenvalue weighted by Crippen LogP contribution is -2.48. The van der Waals surface area contributed by atoms with Crippen LogP contribution >= 0.6 is 35.3 Å². The molecule has 2 unspecified atom stereocenters. The fourth-order valence-electron chi connectivity index (χ4n) is 10.2. The van der Waals surface area contributed by atoms with Gasteiger partial charge in [-0.25, -0.2) is 0 Å². The van der Waals surface area contributed by atoms with Crippen LogP contribution in [-0.2, 0) is 6.61 Å². The van der Waals surface area contributed by atoms with Crippen LogP contribution in [0.1, 0.15) is 30.5 Å². The van der Waals surface area contributed by atoms with Gasteiger partial charge in [0, 0.05) is 49.1 Å². The first-order valence-electron chi connectivity index (χ1n) is 22.8. The minimum Gasteiger partial charge on any atom is -0.489 e. The van der Waals surface area contributed by atoms with Crippen LogP contribution in [0.15, 0.2) is 210 Å². The summed E-state index contributed by atoms with van der Waals surface area (Å²) in [6.07, 6.45) is 2.81. The number of halogens is 6. The molecule has 1 aromatic heterocycles. The number of fused-ring (bicyclic) bond motifs is 5. The fraction of sp³-hybridized carbons (Fsp3) is 0.138. The molecule has 0 radical (unpaired) electrons. The van der Waals surface area contributed by atoms with E-state index < -0.39 is 38.4 Å². The topological polar surface area (TPSA) is 38.2 Å². The fourth-order valence-corrected chi connectivity index (χ4v) is 13.9. The zero-order valence-electron chi connectivity index (χ0n) is 37.8. The zero-order valence-corrected chi connectivity index (χ0v) is 40.3. The lowest BCUT2D eigenvalue weighted by molar-refractivity contribution is -0.258. The molecule has 352 valence electrons. The minimum absolute atomic E-state index is 0.192. The van der Waals surface area contributed by atoms with Crippen molar-refractivity contribution in [3.63, 3.8) is 0 Å². The standard InChI is InChI=1S/C58H39F6N3OS3/c1-54-46(32-48(69-54)38-12-6-3-7-13-38)50-51(57(61,62)58(63,64)56(50,59)60)47-33-49(70-55(47,54)2)39-24-28-43(29-25-39)68-34-35-18-20-36(21-19-35)44-30-31-45(53-52(44)65-71-66-53)37-22-26-42(27-23-37)67(40-14-8-4-9-15-40)41-16-10-5-11-17-41/h3-33H,34H2,1-2H3. The van der Waals surface area contributed by atoms with Crippen LogP contribution < -0.4 is 9.64 Å². The molecule has 1 saturated carbocycles. The molecule has 2 aliphatic carbocycles. The third kappa shape index (κ3) is 6.98. The van der Waals surface area contributed by atoms with Crippen LogP contribution in [0.3, 0.4) is 0 Å². The number of hydrogen-bond acceptors (Lipinski definition) is 7. The van der Waals surface area contributed by atoms with Crippen molar-refractivity contribution < 1.29 is 31.1 Å². The number of para-hydroxylation sites is 2. The largest absolute Gasteiger partial charge is 0.489 e. The van der Waals surface area contributed by atoms with Crippen LogP contribution in [0.2, 0.25) is 0 Å². The summed E-state index contributed by atoms with van der Waals surface area (Å²) in [5.41, 5.74) is 8.00. The van der Waals surface area contributed by atoms with Gasteiger partial charge in [0.25, 0.3) is 0 Å². The number of alkyl halides is 6. The summed E-state index contributed by atoms with van der Waals surface area (Å²) in [4.78, 5) is 3.28. The van der Waals surface area contributed by atoms with Crippen LogP contribution in [-0.4, -0.2) is 36.0 Å². The number of allylic oxidation sites excluding steroid dienone is 4. The Hall–Kier alpha value is -6.80. The van der Waals surface area contributed by atoms with Gasteiger partial charge in [-0.1, -0.05) is 127 Å². The van der Waals surface area contributed by atoms with E-state index >= 15 is 26.3 Å². The molecule has 71 heavy (non-hydrogen) atoms.